The van der Waals surface area contributed by atoms with E-state index in [0.29, 0.717) is 11.9 Å². The minimum Gasteiger partial charge on any atom is -0.380 e. The Hall–Kier alpha value is -1.44. The highest BCUT2D eigenvalue weighted by Crippen LogP contribution is 2.17. The topological polar surface area (TPSA) is 94.2 Å². The predicted octanol–water partition coefficient (Wildman–Crippen LogP) is -0.672. The van der Waals surface area contributed by atoms with E-state index in [1.165, 1.54) is 7.11 Å². The molecule has 2 unspecified atom stereocenters. The molecule has 7 nitrogen and oxygen atoms in total. The van der Waals surface area contributed by atoms with E-state index < -0.39 is 6.04 Å². The normalized spacial score (nSPS) is 19.1. The molecule has 1 aliphatic rings. The molecule has 100 valence electrons. The van der Waals surface area contributed by atoms with Gasteiger partial charge in [-0.25, -0.2) is 4.68 Å². The summed E-state index contributed by atoms with van der Waals surface area (Å²) in [6.07, 6.45) is 1.34. The Balaban J connectivity index is 2.00. The Bertz CT molecular complexity index is 415. The van der Waals surface area contributed by atoms with Crippen LogP contribution in [0.5, 0.6) is 0 Å². The smallest absolute Gasteiger partial charge is 0.245 e. The van der Waals surface area contributed by atoms with Gasteiger partial charge in [0.2, 0.25) is 5.91 Å². The van der Waals surface area contributed by atoms with E-state index >= 15 is 0 Å². The van der Waals surface area contributed by atoms with E-state index in [2.05, 4.69) is 15.7 Å². The average Bonchev–Trinajstić information content (AvgIpc) is 2.73. The quantitative estimate of drug-likeness (QED) is 0.647. The van der Waals surface area contributed by atoms with E-state index in [-0.39, 0.29) is 12.0 Å². The summed E-state index contributed by atoms with van der Waals surface area (Å²) in [4.78, 5) is 11.9. The van der Waals surface area contributed by atoms with Crippen LogP contribution in [0.1, 0.15) is 13.0 Å². The number of ether oxygens (including phenoxy) is 1. The zero-order valence-electron chi connectivity index (χ0n) is 10.6. The van der Waals surface area contributed by atoms with Crippen LogP contribution in [0, 0.1) is 0 Å². The lowest BCUT2D eigenvalue weighted by atomic mass is 10.2. The van der Waals surface area contributed by atoms with Crippen molar-refractivity contribution in [3.8, 4) is 0 Å². The monoisotopic (exact) mass is 253 g/mol. The molecule has 18 heavy (non-hydrogen) atoms. The number of carbonyl (C=O) groups excluding carboxylic acids is 1. The number of carbonyl (C=O) groups is 1. The minimum absolute atomic E-state index is 0.265. The lowest BCUT2D eigenvalue weighted by molar-refractivity contribution is -0.120. The van der Waals surface area contributed by atoms with Crippen LogP contribution in [0.2, 0.25) is 0 Å². The lowest BCUT2D eigenvalue weighted by Gasteiger charge is -2.29. The molecule has 0 aromatic carbocycles. The lowest BCUT2D eigenvalue weighted by Crippen LogP contribution is -2.46. The van der Waals surface area contributed by atoms with Crippen molar-refractivity contribution in [2.24, 2.45) is 5.73 Å². The maximum Gasteiger partial charge on any atom is 0.245 e. The van der Waals surface area contributed by atoms with Gasteiger partial charge < -0.3 is 21.1 Å². The second-order valence-corrected chi connectivity index (χ2v) is 4.43. The summed E-state index contributed by atoms with van der Waals surface area (Å²) in [7, 11) is 1.53. The highest BCUT2D eigenvalue weighted by molar-refractivity contribution is 5.94. The molecule has 4 N–H and O–H groups in total. The summed E-state index contributed by atoms with van der Waals surface area (Å²) in [6.45, 7) is 3.49. The van der Waals surface area contributed by atoms with Gasteiger partial charge in [-0.15, -0.1) is 0 Å². The molecule has 0 bridgehead atoms. The minimum atomic E-state index is -0.696. The zero-order valence-corrected chi connectivity index (χ0v) is 10.6. The number of methoxy groups -OCH3 is 1. The molecular formula is C11H19N5O2. The molecular weight excluding hydrogens is 234 g/mol. The van der Waals surface area contributed by atoms with Crippen molar-refractivity contribution >= 4 is 11.7 Å². The van der Waals surface area contributed by atoms with Crippen LogP contribution in [0.3, 0.4) is 0 Å². The molecule has 1 amide bonds. The first-order valence-corrected chi connectivity index (χ1v) is 5.97. The summed E-state index contributed by atoms with van der Waals surface area (Å²) in [5, 5.41) is 10.2. The molecule has 7 heteroatoms. The van der Waals surface area contributed by atoms with E-state index in [1.807, 2.05) is 0 Å². The maximum atomic E-state index is 11.9. The number of anilines is 1. The average molecular weight is 253 g/mol. The molecule has 2 atom stereocenters. The van der Waals surface area contributed by atoms with Gasteiger partial charge in [-0.3, -0.25) is 4.79 Å². The Labute approximate surface area is 106 Å². The van der Waals surface area contributed by atoms with E-state index in [4.69, 9.17) is 10.5 Å². The number of nitrogens with two attached hydrogens (primary N) is 1. The molecule has 0 saturated carbocycles. The van der Waals surface area contributed by atoms with Gasteiger partial charge >= 0.3 is 0 Å². The molecule has 1 aromatic rings. The zero-order chi connectivity index (χ0) is 13.1. The molecule has 1 fully saturated rings. The fourth-order valence-corrected chi connectivity index (χ4v) is 1.72. The summed E-state index contributed by atoms with van der Waals surface area (Å²) in [6, 6.07) is 1.37. The molecule has 1 saturated heterocycles. The number of rotatable bonds is 5. The van der Waals surface area contributed by atoms with E-state index in [1.54, 1.807) is 23.9 Å². The van der Waals surface area contributed by atoms with Crippen molar-refractivity contribution in [3.63, 3.8) is 0 Å². The maximum absolute atomic E-state index is 11.9. The third-order valence-corrected chi connectivity index (χ3v) is 3.21. The van der Waals surface area contributed by atoms with Crippen molar-refractivity contribution in [3.05, 3.63) is 12.3 Å². The summed E-state index contributed by atoms with van der Waals surface area (Å²) in [5.74, 6) is 0.406. The van der Waals surface area contributed by atoms with Gasteiger partial charge in [-0.1, -0.05) is 0 Å². The van der Waals surface area contributed by atoms with Gasteiger partial charge in [-0.2, -0.15) is 5.10 Å². The first-order chi connectivity index (χ1) is 8.63. The molecule has 2 heterocycles. The van der Waals surface area contributed by atoms with Gasteiger partial charge in [0, 0.05) is 26.3 Å². The van der Waals surface area contributed by atoms with E-state index in [0.717, 1.165) is 13.1 Å². The number of hydrogen-bond acceptors (Lipinski definition) is 5. The SMILES string of the molecule is COC(C)C(N)C(=O)Nc1ccnn1C1CNC1. The molecule has 0 aliphatic carbocycles. The van der Waals surface area contributed by atoms with Gasteiger partial charge in [0.1, 0.15) is 11.9 Å². The summed E-state index contributed by atoms with van der Waals surface area (Å²) < 4.78 is 6.85. The van der Waals surface area contributed by atoms with Gasteiger partial charge in [0.05, 0.1) is 18.3 Å². The van der Waals surface area contributed by atoms with Gasteiger partial charge in [0.15, 0.2) is 0 Å². The van der Waals surface area contributed by atoms with Crippen molar-refractivity contribution in [2.75, 3.05) is 25.5 Å². The van der Waals surface area contributed by atoms with Crippen LogP contribution < -0.4 is 16.4 Å². The number of amides is 1. The molecule has 0 radical (unpaired) electrons. The van der Waals surface area contributed by atoms with Crippen molar-refractivity contribution in [1.82, 2.24) is 15.1 Å². The molecule has 1 aromatic heterocycles. The largest absolute Gasteiger partial charge is 0.380 e. The van der Waals surface area contributed by atoms with Crippen LogP contribution in [-0.4, -0.2) is 48.0 Å². The van der Waals surface area contributed by atoms with Crippen LogP contribution >= 0.6 is 0 Å². The highest BCUT2D eigenvalue weighted by Gasteiger charge is 2.25. The number of aromatic nitrogens is 2. The number of nitrogens with zero attached hydrogens (tertiary/aromatic N) is 2. The van der Waals surface area contributed by atoms with Gasteiger partial charge in [-0.05, 0) is 6.92 Å². The third kappa shape index (κ3) is 2.53. The standard InChI is InChI=1S/C11H19N5O2/c1-7(18-2)10(12)11(17)15-9-3-4-14-16(9)8-5-13-6-8/h3-4,7-8,10,13H,5-6,12H2,1-2H3,(H,15,17). The Morgan fingerprint density at radius 2 is 2.44 bits per heavy atom. The Morgan fingerprint density at radius 1 is 1.72 bits per heavy atom. The Kier molecular flexibility index (Phi) is 3.95. The number of hydrogen-bond donors (Lipinski definition) is 3. The fourth-order valence-electron chi connectivity index (χ4n) is 1.72. The molecule has 0 spiro atoms. The van der Waals surface area contributed by atoms with Crippen molar-refractivity contribution < 1.29 is 9.53 Å². The van der Waals surface area contributed by atoms with Crippen LogP contribution in [-0.2, 0) is 9.53 Å². The van der Waals surface area contributed by atoms with Gasteiger partial charge in [0.25, 0.3) is 0 Å². The van der Waals surface area contributed by atoms with Crippen molar-refractivity contribution in [1.29, 1.82) is 0 Å². The first-order valence-electron chi connectivity index (χ1n) is 5.97. The van der Waals surface area contributed by atoms with Crippen molar-refractivity contribution in [2.45, 2.75) is 25.1 Å². The second-order valence-electron chi connectivity index (χ2n) is 4.43. The second kappa shape index (κ2) is 5.47. The predicted molar refractivity (Wildman–Crippen MR) is 67.2 cm³/mol. The number of nitrogens with one attached hydrogen (secondary N) is 2. The Morgan fingerprint density at radius 3 is 3.00 bits per heavy atom. The fraction of sp³-hybridized carbons (Fsp3) is 0.636. The molecule has 2 rings (SSSR count). The first kappa shape index (κ1) is 13.0. The summed E-state index contributed by atoms with van der Waals surface area (Å²) in [5.41, 5.74) is 5.78. The third-order valence-electron chi connectivity index (χ3n) is 3.21. The van der Waals surface area contributed by atoms with Crippen LogP contribution in [0.15, 0.2) is 12.3 Å². The summed E-state index contributed by atoms with van der Waals surface area (Å²) >= 11 is 0. The van der Waals surface area contributed by atoms with Crippen LogP contribution in [0.25, 0.3) is 0 Å². The van der Waals surface area contributed by atoms with E-state index in [9.17, 15) is 4.79 Å². The molecule has 1 aliphatic heterocycles. The van der Waals surface area contributed by atoms with Crippen LogP contribution in [0.4, 0.5) is 5.82 Å². The highest BCUT2D eigenvalue weighted by atomic mass is 16.5.